The van der Waals surface area contributed by atoms with Crippen LogP contribution in [-0.4, -0.2) is 22.0 Å². The van der Waals surface area contributed by atoms with Gasteiger partial charge in [0.05, 0.1) is 0 Å². The minimum atomic E-state index is 0.0434. The van der Waals surface area contributed by atoms with Crippen LogP contribution in [0.5, 0.6) is 0 Å². The van der Waals surface area contributed by atoms with Crippen LogP contribution in [0.25, 0.3) is 5.65 Å². The van der Waals surface area contributed by atoms with Crippen molar-refractivity contribution in [3.63, 3.8) is 0 Å². The maximum Gasteiger partial charge on any atom is 0.256 e. The molecule has 2 aromatic heterocycles. The number of rotatable bonds is 2. The Labute approximate surface area is 99.7 Å². The lowest BCUT2D eigenvalue weighted by molar-refractivity contribution is 0.595. The number of hydrogen-bond donors (Lipinski definition) is 2. The van der Waals surface area contributed by atoms with Crippen LogP contribution >= 0.6 is 0 Å². The fraction of sp³-hybridized carbons (Fsp3) is 0.462. The third-order valence-electron chi connectivity index (χ3n) is 3.62. The maximum absolute atomic E-state index is 11.8. The van der Waals surface area contributed by atoms with E-state index in [2.05, 4.69) is 10.3 Å². The van der Waals surface area contributed by atoms with Gasteiger partial charge in [-0.05, 0) is 32.4 Å². The quantitative estimate of drug-likeness (QED) is 0.816. The van der Waals surface area contributed by atoms with Crippen LogP contribution in [0.3, 0.4) is 0 Å². The average Bonchev–Trinajstić information content (AvgIpc) is 2.90. The van der Waals surface area contributed by atoms with Crippen molar-refractivity contribution < 1.29 is 0 Å². The Morgan fingerprint density at radius 1 is 1.47 bits per heavy atom. The van der Waals surface area contributed by atoms with Crippen molar-refractivity contribution in [1.29, 1.82) is 0 Å². The van der Waals surface area contributed by atoms with Gasteiger partial charge in [-0.3, -0.25) is 9.20 Å². The Balaban J connectivity index is 2.02. The largest absolute Gasteiger partial charge is 0.343 e. The molecule has 1 fully saturated rings. The van der Waals surface area contributed by atoms with Gasteiger partial charge in [0.15, 0.2) is 0 Å². The lowest BCUT2D eigenvalue weighted by Crippen LogP contribution is -2.24. The van der Waals surface area contributed by atoms with Crippen LogP contribution in [0.4, 0.5) is 0 Å². The van der Waals surface area contributed by atoms with Crippen molar-refractivity contribution in [2.45, 2.75) is 32.2 Å². The first-order valence-electron chi connectivity index (χ1n) is 6.18. The van der Waals surface area contributed by atoms with E-state index in [9.17, 15) is 4.79 Å². The second-order valence-electron chi connectivity index (χ2n) is 4.77. The third-order valence-corrected chi connectivity index (χ3v) is 3.62. The van der Waals surface area contributed by atoms with Crippen LogP contribution < -0.4 is 10.9 Å². The van der Waals surface area contributed by atoms with Crippen molar-refractivity contribution in [3.05, 3.63) is 39.9 Å². The second-order valence-corrected chi connectivity index (χ2v) is 4.77. The van der Waals surface area contributed by atoms with E-state index in [1.807, 2.05) is 13.0 Å². The highest BCUT2D eigenvalue weighted by Crippen LogP contribution is 2.15. The molecule has 0 radical (unpaired) electrons. The van der Waals surface area contributed by atoms with Gasteiger partial charge in [0.1, 0.15) is 5.65 Å². The number of fused-ring (bicyclic) bond motifs is 1. The zero-order valence-corrected chi connectivity index (χ0v) is 9.99. The summed E-state index contributed by atoms with van der Waals surface area (Å²) in [5, 5.41) is 3.48. The normalized spacial score (nSPS) is 20.2. The topological polar surface area (TPSA) is 49.3 Å². The molecule has 3 rings (SSSR count). The van der Waals surface area contributed by atoms with Crippen LogP contribution in [0.2, 0.25) is 0 Å². The molecule has 1 aliphatic rings. The molecule has 0 bridgehead atoms. The zero-order valence-electron chi connectivity index (χ0n) is 9.99. The van der Waals surface area contributed by atoms with Crippen molar-refractivity contribution in [1.82, 2.24) is 14.7 Å². The number of aromatic amines is 1. The molecular formula is C13H17N3O. The van der Waals surface area contributed by atoms with E-state index in [-0.39, 0.29) is 5.56 Å². The molecule has 1 unspecified atom stereocenters. The van der Waals surface area contributed by atoms with E-state index in [0.29, 0.717) is 6.04 Å². The number of imidazole rings is 1. The standard InChI is InChI=1S/C13H17N3O/c1-9-11(8-10-4-3-7-14-10)15-12-5-2-6-13(17)16(9)12/h2,5-6,10,14-15H,3-4,7-8H2,1H3. The molecule has 0 aliphatic carbocycles. The number of aromatic nitrogens is 2. The van der Waals surface area contributed by atoms with Crippen LogP contribution in [0, 0.1) is 6.92 Å². The summed E-state index contributed by atoms with van der Waals surface area (Å²) in [5.74, 6) is 0. The molecule has 4 nitrogen and oxygen atoms in total. The van der Waals surface area contributed by atoms with Crippen molar-refractivity contribution in [3.8, 4) is 0 Å². The molecule has 0 saturated carbocycles. The highest BCUT2D eigenvalue weighted by atomic mass is 16.1. The Hall–Kier alpha value is -1.55. The minimum absolute atomic E-state index is 0.0434. The average molecular weight is 231 g/mol. The lowest BCUT2D eigenvalue weighted by Gasteiger charge is -2.08. The van der Waals surface area contributed by atoms with Crippen LogP contribution in [0.1, 0.15) is 24.2 Å². The molecule has 4 heteroatoms. The molecule has 0 amide bonds. The van der Waals surface area contributed by atoms with Gasteiger partial charge < -0.3 is 10.3 Å². The molecule has 90 valence electrons. The van der Waals surface area contributed by atoms with E-state index >= 15 is 0 Å². The molecule has 2 aromatic rings. The first-order chi connectivity index (χ1) is 8.25. The van der Waals surface area contributed by atoms with Gasteiger partial charge in [0.2, 0.25) is 0 Å². The number of H-pyrrole nitrogens is 1. The molecule has 1 aliphatic heterocycles. The van der Waals surface area contributed by atoms with E-state index < -0.39 is 0 Å². The predicted molar refractivity (Wildman–Crippen MR) is 67.5 cm³/mol. The Bertz CT molecular complexity index is 590. The SMILES string of the molecule is Cc1c(CC2CCCN2)[nH]c2cccc(=O)n12. The lowest BCUT2D eigenvalue weighted by atomic mass is 10.1. The Kier molecular flexibility index (Phi) is 2.52. The Morgan fingerprint density at radius 2 is 2.35 bits per heavy atom. The Morgan fingerprint density at radius 3 is 3.06 bits per heavy atom. The number of nitrogens with zero attached hydrogens (tertiary/aromatic N) is 1. The zero-order chi connectivity index (χ0) is 11.8. The van der Waals surface area contributed by atoms with Crippen LogP contribution in [0.15, 0.2) is 23.0 Å². The smallest absolute Gasteiger partial charge is 0.256 e. The van der Waals surface area contributed by atoms with Gasteiger partial charge in [-0.1, -0.05) is 6.07 Å². The number of pyridine rings is 1. The summed E-state index contributed by atoms with van der Waals surface area (Å²) < 4.78 is 1.75. The highest BCUT2D eigenvalue weighted by Gasteiger charge is 2.17. The maximum atomic E-state index is 11.8. The predicted octanol–water partition coefficient (Wildman–Crippen LogP) is 1.23. The molecule has 0 aromatic carbocycles. The van der Waals surface area contributed by atoms with Gasteiger partial charge >= 0.3 is 0 Å². The minimum Gasteiger partial charge on any atom is -0.343 e. The van der Waals surface area contributed by atoms with Crippen molar-refractivity contribution in [2.24, 2.45) is 0 Å². The van der Waals surface area contributed by atoms with Crippen LogP contribution in [-0.2, 0) is 6.42 Å². The van der Waals surface area contributed by atoms with Gasteiger partial charge in [-0.15, -0.1) is 0 Å². The summed E-state index contributed by atoms with van der Waals surface area (Å²) >= 11 is 0. The van der Waals surface area contributed by atoms with E-state index in [1.54, 1.807) is 16.5 Å². The summed E-state index contributed by atoms with van der Waals surface area (Å²) in [7, 11) is 0. The third kappa shape index (κ3) is 1.78. The first-order valence-corrected chi connectivity index (χ1v) is 6.18. The molecule has 0 spiro atoms. The van der Waals surface area contributed by atoms with Gasteiger partial charge in [-0.2, -0.15) is 0 Å². The van der Waals surface area contributed by atoms with Gasteiger partial charge in [0, 0.05) is 29.9 Å². The summed E-state index contributed by atoms with van der Waals surface area (Å²) in [6, 6.07) is 5.90. The molecule has 2 N–H and O–H groups in total. The highest BCUT2D eigenvalue weighted by molar-refractivity contribution is 5.42. The van der Waals surface area contributed by atoms with E-state index in [1.165, 1.54) is 18.5 Å². The fourth-order valence-corrected chi connectivity index (χ4v) is 2.69. The summed E-state index contributed by atoms with van der Waals surface area (Å²) in [5.41, 5.74) is 3.15. The summed E-state index contributed by atoms with van der Waals surface area (Å²) in [4.78, 5) is 15.1. The molecular weight excluding hydrogens is 214 g/mol. The monoisotopic (exact) mass is 231 g/mol. The van der Waals surface area contributed by atoms with Gasteiger partial charge in [-0.25, -0.2) is 0 Å². The van der Waals surface area contributed by atoms with Crippen molar-refractivity contribution >= 4 is 5.65 Å². The summed E-state index contributed by atoms with van der Waals surface area (Å²) in [6.07, 6.45) is 3.46. The second kappa shape index (κ2) is 4.04. The number of nitrogens with one attached hydrogen (secondary N) is 2. The number of hydrogen-bond acceptors (Lipinski definition) is 2. The van der Waals surface area contributed by atoms with E-state index in [4.69, 9.17) is 0 Å². The fourth-order valence-electron chi connectivity index (χ4n) is 2.69. The molecule has 3 heterocycles. The van der Waals surface area contributed by atoms with E-state index in [0.717, 1.165) is 24.3 Å². The molecule has 1 atom stereocenters. The first kappa shape index (κ1) is 10.6. The molecule has 17 heavy (non-hydrogen) atoms. The summed E-state index contributed by atoms with van der Waals surface area (Å²) in [6.45, 7) is 3.12. The van der Waals surface area contributed by atoms with Gasteiger partial charge in [0.25, 0.3) is 5.56 Å². The molecule has 1 saturated heterocycles. The number of aryl methyl sites for hydroxylation is 1. The van der Waals surface area contributed by atoms with Crippen molar-refractivity contribution in [2.75, 3.05) is 6.54 Å².